The van der Waals surface area contributed by atoms with E-state index in [1.165, 1.54) is 24.9 Å². The van der Waals surface area contributed by atoms with Gasteiger partial charge in [0.15, 0.2) is 0 Å². The van der Waals surface area contributed by atoms with Gasteiger partial charge in [0.2, 0.25) is 0 Å². The van der Waals surface area contributed by atoms with Crippen LogP contribution in [0.3, 0.4) is 0 Å². The lowest BCUT2D eigenvalue weighted by atomic mass is 9.98. The van der Waals surface area contributed by atoms with Gasteiger partial charge in [0.05, 0.1) is 25.6 Å². The number of rotatable bonds is 7. The van der Waals surface area contributed by atoms with E-state index in [2.05, 4.69) is 0 Å². The van der Waals surface area contributed by atoms with Gasteiger partial charge in [-0.05, 0) is 13.3 Å². The van der Waals surface area contributed by atoms with Gasteiger partial charge in [-0.25, -0.2) is 4.79 Å². The summed E-state index contributed by atoms with van der Waals surface area (Å²) < 4.78 is 12.0. The minimum absolute atomic E-state index is 0.0292. The van der Waals surface area contributed by atoms with Gasteiger partial charge in [0.25, 0.3) is 5.56 Å². The van der Waals surface area contributed by atoms with Crippen LogP contribution in [0, 0.1) is 0 Å². The molecule has 1 aromatic heterocycles. The van der Waals surface area contributed by atoms with Gasteiger partial charge in [-0.3, -0.25) is 19.0 Å². The second-order valence-electron chi connectivity index (χ2n) is 5.07. The Hall–Kier alpha value is -2.38. The van der Waals surface area contributed by atoms with E-state index >= 15 is 0 Å². The normalized spacial score (nSPS) is 11.8. The van der Waals surface area contributed by atoms with E-state index in [9.17, 15) is 19.2 Å². The van der Waals surface area contributed by atoms with Gasteiger partial charge in [-0.2, -0.15) is 0 Å². The molecule has 128 valence electrons. The molecule has 8 nitrogen and oxygen atoms in total. The number of carbonyl (C=O) groups is 2. The van der Waals surface area contributed by atoms with Gasteiger partial charge in [0.1, 0.15) is 0 Å². The number of aryl methyl sites for hydroxylation is 1. The number of esters is 2. The average Bonchev–Trinajstić information content (AvgIpc) is 2.52. The number of aromatic nitrogens is 2. The number of nitrogens with zero attached hydrogens (tertiary/aromatic N) is 2. The number of carbonyl (C=O) groups excluding carboxylic acids is 2. The van der Waals surface area contributed by atoms with Crippen LogP contribution in [0.25, 0.3) is 0 Å². The van der Waals surface area contributed by atoms with Crippen LogP contribution >= 0.6 is 0 Å². The highest BCUT2D eigenvalue weighted by atomic mass is 16.5. The Morgan fingerprint density at radius 3 is 2.39 bits per heavy atom. The average molecular weight is 326 g/mol. The lowest BCUT2D eigenvalue weighted by molar-refractivity contribution is -0.152. The Balaban J connectivity index is 3.25. The first-order valence-electron chi connectivity index (χ1n) is 7.42. The van der Waals surface area contributed by atoms with Crippen LogP contribution < -0.4 is 11.2 Å². The SMILES string of the molecule is CCCOC(=O)C[C@@H](C(=O)OCC)c1cn(C)c(=O)n(C)c1=O. The summed E-state index contributed by atoms with van der Waals surface area (Å²) in [6, 6.07) is 0. The number of hydrogen-bond acceptors (Lipinski definition) is 6. The summed E-state index contributed by atoms with van der Waals surface area (Å²) in [6.45, 7) is 3.83. The predicted octanol–water partition coefficient (Wildman–Crippen LogP) is 0.0740. The highest BCUT2D eigenvalue weighted by Crippen LogP contribution is 2.18. The molecule has 0 N–H and O–H groups in total. The van der Waals surface area contributed by atoms with Gasteiger partial charge in [-0.15, -0.1) is 0 Å². The van der Waals surface area contributed by atoms with Crippen molar-refractivity contribution < 1.29 is 19.1 Å². The Bertz CT molecular complexity index is 688. The maximum absolute atomic E-state index is 12.3. The second-order valence-corrected chi connectivity index (χ2v) is 5.07. The van der Waals surface area contributed by atoms with E-state index in [0.29, 0.717) is 6.42 Å². The lowest BCUT2D eigenvalue weighted by Crippen LogP contribution is -2.40. The first-order valence-corrected chi connectivity index (χ1v) is 7.42. The van der Waals surface area contributed by atoms with Gasteiger partial charge in [-0.1, -0.05) is 6.92 Å². The Morgan fingerprint density at radius 2 is 1.83 bits per heavy atom. The lowest BCUT2D eigenvalue weighted by Gasteiger charge is -2.16. The summed E-state index contributed by atoms with van der Waals surface area (Å²) in [5, 5.41) is 0. The van der Waals surface area contributed by atoms with E-state index in [1.54, 1.807) is 6.92 Å². The molecule has 0 aliphatic rings. The van der Waals surface area contributed by atoms with Crippen molar-refractivity contribution in [2.75, 3.05) is 13.2 Å². The standard InChI is InChI=1S/C15H22N2O6/c1-5-7-23-12(18)8-10(14(20)22-6-2)11-9-16(3)15(21)17(4)13(11)19/h9-10H,5-8H2,1-4H3/t10-/m1/s1. The van der Waals surface area contributed by atoms with Crippen LogP contribution in [0.4, 0.5) is 0 Å². The second kappa shape index (κ2) is 8.30. The molecule has 1 rings (SSSR count). The fraction of sp³-hybridized carbons (Fsp3) is 0.600. The van der Waals surface area contributed by atoms with Crippen molar-refractivity contribution in [3.63, 3.8) is 0 Å². The first-order chi connectivity index (χ1) is 10.8. The molecule has 0 unspecified atom stereocenters. The van der Waals surface area contributed by atoms with Crippen molar-refractivity contribution in [2.45, 2.75) is 32.6 Å². The highest BCUT2D eigenvalue weighted by Gasteiger charge is 2.29. The molecule has 0 aromatic carbocycles. The number of hydrogen-bond donors (Lipinski definition) is 0. The van der Waals surface area contributed by atoms with Crippen LogP contribution in [0.5, 0.6) is 0 Å². The summed E-state index contributed by atoms with van der Waals surface area (Å²) in [4.78, 5) is 48.0. The van der Waals surface area contributed by atoms with Crippen LogP contribution in [0.1, 0.15) is 38.2 Å². The molecule has 1 atom stereocenters. The molecule has 0 spiro atoms. The van der Waals surface area contributed by atoms with Crippen LogP contribution in [-0.4, -0.2) is 34.3 Å². The van der Waals surface area contributed by atoms with Gasteiger partial charge in [0, 0.05) is 25.9 Å². The third kappa shape index (κ3) is 4.54. The highest BCUT2D eigenvalue weighted by molar-refractivity contribution is 5.84. The molecule has 23 heavy (non-hydrogen) atoms. The molecule has 0 saturated heterocycles. The smallest absolute Gasteiger partial charge is 0.330 e. The Labute approximate surface area is 133 Å². The largest absolute Gasteiger partial charge is 0.466 e. The Kier molecular flexibility index (Phi) is 6.74. The summed E-state index contributed by atoms with van der Waals surface area (Å²) in [7, 11) is 2.77. The summed E-state index contributed by atoms with van der Waals surface area (Å²) >= 11 is 0. The topological polar surface area (TPSA) is 96.6 Å². The molecule has 0 amide bonds. The zero-order valence-corrected chi connectivity index (χ0v) is 13.8. The molecule has 0 radical (unpaired) electrons. The molecular weight excluding hydrogens is 304 g/mol. The molecule has 0 aliphatic carbocycles. The minimum atomic E-state index is -1.11. The van der Waals surface area contributed by atoms with E-state index in [4.69, 9.17) is 9.47 Å². The van der Waals surface area contributed by atoms with Crippen molar-refractivity contribution in [3.8, 4) is 0 Å². The van der Waals surface area contributed by atoms with E-state index < -0.39 is 29.1 Å². The third-order valence-corrected chi connectivity index (χ3v) is 3.26. The zero-order chi connectivity index (χ0) is 17.6. The minimum Gasteiger partial charge on any atom is -0.466 e. The fourth-order valence-electron chi connectivity index (χ4n) is 2.08. The van der Waals surface area contributed by atoms with Gasteiger partial charge < -0.3 is 14.0 Å². The van der Waals surface area contributed by atoms with Crippen LogP contribution in [0.2, 0.25) is 0 Å². The maximum Gasteiger partial charge on any atom is 0.330 e. The van der Waals surface area contributed by atoms with Crippen molar-refractivity contribution in [1.82, 2.24) is 9.13 Å². The molecule has 8 heteroatoms. The number of ether oxygens (including phenoxy) is 2. The maximum atomic E-state index is 12.3. The quantitative estimate of drug-likeness (QED) is 0.658. The van der Waals surface area contributed by atoms with Crippen molar-refractivity contribution in [2.24, 2.45) is 14.1 Å². The molecule has 0 aliphatic heterocycles. The van der Waals surface area contributed by atoms with Crippen molar-refractivity contribution >= 4 is 11.9 Å². The molecular formula is C15H22N2O6. The van der Waals surface area contributed by atoms with E-state index in [0.717, 1.165) is 4.57 Å². The van der Waals surface area contributed by atoms with E-state index in [1.807, 2.05) is 6.92 Å². The van der Waals surface area contributed by atoms with Gasteiger partial charge >= 0.3 is 17.6 Å². The summed E-state index contributed by atoms with van der Waals surface area (Å²) in [5.74, 6) is -2.40. The van der Waals surface area contributed by atoms with Crippen LogP contribution in [-0.2, 0) is 33.2 Å². The molecule has 0 saturated carbocycles. The Morgan fingerprint density at radius 1 is 1.17 bits per heavy atom. The zero-order valence-electron chi connectivity index (χ0n) is 13.8. The summed E-state index contributed by atoms with van der Waals surface area (Å²) in [5.41, 5.74) is -1.12. The molecule has 0 fully saturated rings. The van der Waals surface area contributed by atoms with Crippen molar-refractivity contribution in [3.05, 3.63) is 32.6 Å². The monoisotopic (exact) mass is 326 g/mol. The van der Waals surface area contributed by atoms with Crippen molar-refractivity contribution in [1.29, 1.82) is 0 Å². The third-order valence-electron chi connectivity index (χ3n) is 3.26. The van der Waals surface area contributed by atoms with E-state index in [-0.39, 0.29) is 25.2 Å². The van der Waals surface area contributed by atoms with Crippen LogP contribution in [0.15, 0.2) is 15.8 Å². The molecule has 1 aromatic rings. The predicted molar refractivity (Wildman–Crippen MR) is 82.2 cm³/mol. The summed E-state index contributed by atoms with van der Waals surface area (Å²) in [6.07, 6.45) is 1.60. The fourth-order valence-corrected chi connectivity index (χ4v) is 2.08. The molecule has 1 heterocycles. The molecule has 0 bridgehead atoms. The first kappa shape index (κ1) is 18.7.